The zero-order valence-corrected chi connectivity index (χ0v) is 11.5. The first-order valence-electron chi connectivity index (χ1n) is 6.01. The Bertz CT molecular complexity index is 404. The summed E-state index contributed by atoms with van der Waals surface area (Å²) in [6.07, 6.45) is 1.78. The summed E-state index contributed by atoms with van der Waals surface area (Å²) in [7, 11) is 1.67. The minimum Gasteiger partial charge on any atom is -0.383 e. The fourth-order valence-corrected chi connectivity index (χ4v) is 2.12. The standard InChI is InChI=1S/C11H19N5OS/c1-8(7-17-2)14-11(18)15-10-3-4-13-16(10)9-5-12-6-9/h3-4,8-9,12H,5-7H2,1-2H3,(H2,14,15,18). The van der Waals surface area contributed by atoms with Crippen LogP contribution in [0.5, 0.6) is 0 Å². The highest BCUT2D eigenvalue weighted by Crippen LogP contribution is 2.17. The summed E-state index contributed by atoms with van der Waals surface area (Å²) in [6.45, 7) is 4.55. The first kappa shape index (κ1) is 13.3. The van der Waals surface area contributed by atoms with E-state index in [2.05, 4.69) is 21.0 Å². The van der Waals surface area contributed by atoms with Crippen molar-refractivity contribution in [1.82, 2.24) is 20.4 Å². The Morgan fingerprint density at radius 3 is 3.11 bits per heavy atom. The van der Waals surface area contributed by atoms with Crippen LogP contribution in [0.1, 0.15) is 13.0 Å². The normalized spacial score (nSPS) is 17.0. The van der Waals surface area contributed by atoms with Gasteiger partial charge in [0.25, 0.3) is 0 Å². The smallest absolute Gasteiger partial charge is 0.172 e. The van der Waals surface area contributed by atoms with E-state index in [1.807, 2.05) is 17.7 Å². The predicted molar refractivity (Wildman–Crippen MR) is 74.8 cm³/mol. The molecule has 1 aliphatic rings. The van der Waals surface area contributed by atoms with Crippen molar-refractivity contribution >= 4 is 23.1 Å². The summed E-state index contributed by atoms with van der Waals surface area (Å²) < 4.78 is 7.02. The van der Waals surface area contributed by atoms with Crippen LogP contribution in [0.4, 0.5) is 5.82 Å². The molecule has 0 radical (unpaired) electrons. The lowest BCUT2D eigenvalue weighted by atomic mass is 10.2. The third-order valence-corrected chi connectivity index (χ3v) is 3.03. The molecule has 1 atom stereocenters. The number of hydrogen-bond donors (Lipinski definition) is 3. The van der Waals surface area contributed by atoms with Crippen LogP contribution < -0.4 is 16.0 Å². The Labute approximate surface area is 112 Å². The van der Waals surface area contributed by atoms with E-state index in [1.165, 1.54) is 0 Å². The van der Waals surface area contributed by atoms with E-state index in [0.29, 0.717) is 17.8 Å². The third kappa shape index (κ3) is 3.18. The molecule has 2 heterocycles. The molecule has 1 aromatic rings. The van der Waals surface area contributed by atoms with Gasteiger partial charge in [-0.3, -0.25) is 0 Å². The van der Waals surface area contributed by atoms with Gasteiger partial charge in [0, 0.05) is 32.3 Å². The van der Waals surface area contributed by atoms with Crippen LogP contribution in [0.3, 0.4) is 0 Å². The molecule has 100 valence electrons. The maximum atomic E-state index is 5.26. The summed E-state index contributed by atoms with van der Waals surface area (Å²) >= 11 is 5.26. The lowest BCUT2D eigenvalue weighted by Crippen LogP contribution is -2.45. The first-order valence-corrected chi connectivity index (χ1v) is 6.42. The molecule has 1 unspecified atom stereocenters. The Kier molecular flexibility index (Phi) is 4.51. The highest BCUT2D eigenvalue weighted by Gasteiger charge is 2.21. The highest BCUT2D eigenvalue weighted by molar-refractivity contribution is 7.80. The van der Waals surface area contributed by atoms with Crippen molar-refractivity contribution in [3.8, 4) is 0 Å². The number of nitrogens with zero attached hydrogens (tertiary/aromatic N) is 2. The van der Waals surface area contributed by atoms with Crippen molar-refractivity contribution in [3.63, 3.8) is 0 Å². The molecule has 1 aliphatic heterocycles. The number of anilines is 1. The van der Waals surface area contributed by atoms with E-state index in [9.17, 15) is 0 Å². The summed E-state index contributed by atoms with van der Waals surface area (Å²) in [6, 6.07) is 2.52. The fraction of sp³-hybridized carbons (Fsp3) is 0.636. The van der Waals surface area contributed by atoms with Crippen molar-refractivity contribution < 1.29 is 4.74 Å². The van der Waals surface area contributed by atoms with E-state index in [-0.39, 0.29) is 6.04 Å². The Morgan fingerprint density at radius 1 is 1.72 bits per heavy atom. The topological polar surface area (TPSA) is 63.1 Å². The Morgan fingerprint density at radius 2 is 2.50 bits per heavy atom. The van der Waals surface area contributed by atoms with Gasteiger partial charge in [-0.15, -0.1) is 0 Å². The summed E-state index contributed by atoms with van der Waals surface area (Å²) in [4.78, 5) is 0. The van der Waals surface area contributed by atoms with Crippen LogP contribution in [0.15, 0.2) is 12.3 Å². The molecule has 7 heteroatoms. The van der Waals surface area contributed by atoms with E-state index in [4.69, 9.17) is 17.0 Å². The summed E-state index contributed by atoms with van der Waals surface area (Å²) in [5, 5.41) is 14.5. The second kappa shape index (κ2) is 6.12. The summed E-state index contributed by atoms with van der Waals surface area (Å²) in [5.74, 6) is 0.920. The van der Waals surface area contributed by atoms with E-state index in [1.54, 1.807) is 13.3 Å². The van der Waals surface area contributed by atoms with Crippen molar-refractivity contribution in [1.29, 1.82) is 0 Å². The number of ether oxygens (including phenoxy) is 1. The first-order chi connectivity index (χ1) is 8.70. The van der Waals surface area contributed by atoms with Gasteiger partial charge in [0.15, 0.2) is 5.11 Å². The van der Waals surface area contributed by atoms with Crippen LogP contribution in [0.2, 0.25) is 0 Å². The molecule has 0 bridgehead atoms. The van der Waals surface area contributed by atoms with Crippen molar-refractivity contribution in [2.75, 3.05) is 32.1 Å². The minimum absolute atomic E-state index is 0.178. The number of rotatable bonds is 5. The maximum absolute atomic E-state index is 5.26. The molecule has 0 amide bonds. The largest absolute Gasteiger partial charge is 0.383 e. The Hall–Kier alpha value is -1.18. The van der Waals surface area contributed by atoms with Crippen molar-refractivity contribution in [2.24, 2.45) is 0 Å². The molecule has 6 nitrogen and oxygen atoms in total. The number of methoxy groups -OCH3 is 1. The number of thiocarbonyl (C=S) groups is 1. The van der Waals surface area contributed by atoms with Crippen molar-refractivity contribution in [3.05, 3.63) is 12.3 Å². The van der Waals surface area contributed by atoms with E-state index in [0.717, 1.165) is 18.9 Å². The molecule has 0 saturated carbocycles. The molecule has 18 heavy (non-hydrogen) atoms. The molecular weight excluding hydrogens is 250 g/mol. The van der Waals surface area contributed by atoms with E-state index < -0.39 is 0 Å². The lowest BCUT2D eigenvalue weighted by molar-refractivity contribution is 0.179. The van der Waals surface area contributed by atoms with Gasteiger partial charge in [0.2, 0.25) is 0 Å². The average molecular weight is 269 g/mol. The van der Waals surface area contributed by atoms with Gasteiger partial charge >= 0.3 is 0 Å². The molecule has 2 rings (SSSR count). The predicted octanol–water partition coefficient (Wildman–Crippen LogP) is 0.349. The zero-order valence-electron chi connectivity index (χ0n) is 10.6. The molecule has 1 aromatic heterocycles. The van der Waals surface area contributed by atoms with Gasteiger partial charge < -0.3 is 20.7 Å². The molecule has 1 fully saturated rings. The maximum Gasteiger partial charge on any atom is 0.172 e. The zero-order chi connectivity index (χ0) is 13.0. The SMILES string of the molecule is COCC(C)NC(=S)Nc1ccnn1C1CNC1. The molecule has 0 aliphatic carbocycles. The van der Waals surface area contributed by atoms with Crippen LogP contribution in [0.25, 0.3) is 0 Å². The van der Waals surface area contributed by atoms with Crippen LogP contribution in [0, 0.1) is 0 Å². The van der Waals surface area contributed by atoms with Crippen LogP contribution >= 0.6 is 12.2 Å². The molecule has 3 N–H and O–H groups in total. The molecule has 0 spiro atoms. The molecule has 0 aromatic carbocycles. The van der Waals surface area contributed by atoms with Gasteiger partial charge in [-0.2, -0.15) is 5.10 Å². The van der Waals surface area contributed by atoms with Gasteiger partial charge in [0.05, 0.1) is 18.8 Å². The second-order valence-corrected chi connectivity index (χ2v) is 4.84. The molecular formula is C11H19N5OS. The third-order valence-electron chi connectivity index (χ3n) is 2.81. The van der Waals surface area contributed by atoms with Crippen LogP contribution in [-0.2, 0) is 4.74 Å². The second-order valence-electron chi connectivity index (χ2n) is 4.43. The number of hydrogen-bond acceptors (Lipinski definition) is 4. The average Bonchev–Trinajstić information content (AvgIpc) is 2.63. The molecule has 1 saturated heterocycles. The van der Waals surface area contributed by atoms with Crippen molar-refractivity contribution in [2.45, 2.75) is 19.0 Å². The minimum atomic E-state index is 0.178. The monoisotopic (exact) mass is 269 g/mol. The van der Waals surface area contributed by atoms with Gasteiger partial charge in [-0.1, -0.05) is 0 Å². The van der Waals surface area contributed by atoms with Gasteiger partial charge in [-0.25, -0.2) is 4.68 Å². The van der Waals surface area contributed by atoms with Crippen LogP contribution in [-0.4, -0.2) is 47.7 Å². The number of aromatic nitrogens is 2. The van der Waals surface area contributed by atoms with Gasteiger partial charge in [-0.05, 0) is 19.1 Å². The number of nitrogens with one attached hydrogen (secondary N) is 3. The summed E-state index contributed by atoms with van der Waals surface area (Å²) in [5.41, 5.74) is 0. The van der Waals surface area contributed by atoms with Gasteiger partial charge in [0.1, 0.15) is 5.82 Å². The highest BCUT2D eigenvalue weighted by atomic mass is 32.1. The fourth-order valence-electron chi connectivity index (χ4n) is 1.82. The quantitative estimate of drug-likeness (QED) is 0.671. The Balaban J connectivity index is 1.88. The van der Waals surface area contributed by atoms with E-state index >= 15 is 0 Å². The lowest BCUT2D eigenvalue weighted by Gasteiger charge is -2.29.